The molecule has 0 radical (unpaired) electrons. The lowest BCUT2D eigenvalue weighted by Gasteiger charge is -2.39. The summed E-state index contributed by atoms with van der Waals surface area (Å²) in [6, 6.07) is 20.1. The number of ether oxygens (including phenoxy) is 2. The van der Waals surface area contributed by atoms with Crippen LogP contribution in [0.2, 0.25) is 5.02 Å². The van der Waals surface area contributed by atoms with Gasteiger partial charge in [-0.05, 0) is 72.2 Å². The lowest BCUT2D eigenvalue weighted by Crippen LogP contribution is -2.47. The van der Waals surface area contributed by atoms with Gasteiger partial charge in [0.2, 0.25) is 0 Å². The number of benzene rings is 3. The monoisotopic (exact) mass is 850 g/mol. The number of halogens is 1. The third-order valence-electron chi connectivity index (χ3n) is 11.3. The first kappa shape index (κ1) is 40.6. The van der Waals surface area contributed by atoms with E-state index >= 15 is 0 Å². The zero-order valence-corrected chi connectivity index (χ0v) is 34.6. The molecule has 3 N–H and O–H groups in total. The quantitative estimate of drug-likeness (QED) is 0.0860. The zero-order valence-electron chi connectivity index (χ0n) is 33.0. The van der Waals surface area contributed by atoms with Crippen LogP contribution in [-0.4, -0.2) is 79.5 Å². The summed E-state index contributed by atoms with van der Waals surface area (Å²) in [5.74, 6) is -0.680. The number of nitro benzene ring substituents is 1. The average Bonchev–Trinajstić information content (AvgIpc) is 3.70. The highest BCUT2D eigenvalue weighted by atomic mass is 35.5. The van der Waals surface area contributed by atoms with Gasteiger partial charge in [-0.2, -0.15) is 5.26 Å². The number of pyridine rings is 1. The maximum atomic E-state index is 13.9. The molecule has 1 saturated heterocycles. The summed E-state index contributed by atoms with van der Waals surface area (Å²) in [5.41, 5.74) is 5.01. The molecule has 5 aromatic rings. The maximum absolute atomic E-state index is 13.9. The molecule has 60 heavy (non-hydrogen) atoms. The second-order valence-electron chi connectivity index (χ2n) is 16.1. The van der Waals surface area contributed by atoms with Crippen molar-refractivity contribution in [2.75, 3.05) is 49.5 Å². The summed E-state index contributed by atoms with van der Waals surface area (Å²) in [4.78, 5) is 36.8. The number of rotatable bonds is 11. The minimum Gasteiger partial charge on any atom is -0.489 e. The van der Waals surface area contributed by atoms with Crippen LogP contribution in [0.25, 0.3) is 16.6 Å². The zero-order chi connectivity index (χ0) is 42.2. The Morgan fingerprint density at radius 1 is 1.12 bits per heavy atom. The van der Waals surface area contributed by atoms with E-state index in [9.17, 15) is 23.3 Å². The van der Waals surface area contributed by atoms with Crippen LogP contribution >= 0.6 is 11.6 Å². The van der Waals surface area contributed by atoms with Crippen LogP contribution in [0.4, 0.5) is 17.1 Å². The van der Waals surface area contributed by atoms with Crippen LogP contribution in [0, 0.1) is 26.9 Å². The van der Waals surface area contributed by atoms with E-state index in [1.165, 1.54) is 29.0 Å². The summed E-state index contributed by atoms with van der Waals surface area (Å²) >= 11 is 6.23. The molecule has 1 fully saturated rings. The summed E-state index contributed by atoms with van der Waals surface area (Å²) in [6.07, 6.45) is 6.43. The van der Waals surface area contributed by atoms with Crippen molar-refractivity contribution < 1.29 is 27.6 Å². The van der Waals surface area contributed by atoms with Crippen molar-refractivity contribution in [3.05, 3.63) is 111 Å². The predicted octanol–water partition coefficient (Wildman–Crippen LogP) is 7.91. The summed E-state index contributed by atoms with van der Waals surface area (Å²) in [6.45, 7) is 8.52. The van der Waals surface area contributed by atoms with Crippen molar-refractivity contribution >= 4 is 61.2 Å². The Morgan fingerprint density at radius 2 is 1.90 bits per heavy atom. The molecule has 8 rings (SSSR count). The first-order chi connectivity index (χ1) is 28.7. The number of carbonyl (C=O) groups is 1. The third kappa shape index (κ3) is 8.74. The molecule has 3 aromatic carbocycles. The number of H-pyrrole nitrogens is 1. The number of nitrogens with zero attached hydrogens (tertiary/aromatic N) is 5. The van der Waals surface area contributed by atoms with E-state index < -0.39 is 37.5 Å². The van der Waals surface area contributed by atoms with E-state index in [0.717, 1.165) is 67.1 Å². The first-order valence-corrected chi connectivity index (χ1v) is 21.5. The number of carbonyl (C=O) groups excluding carboxylic acids is 1. The Hall–Kier alpha value is -6.15. The van der Waals surface area contributed by atoms with Gasteiger partial charge < -0.3 is 24.7 Å². The highest BCUT2D eigenvalue weighted by Gasteiger charge is 2.33. The van der Waals surface area contributed by atoms with E-state index in [1.807, 2.05) is 24.3 Å². The van der Waals surface area contributed by atoms with Crippen LogP contribution < -0.4 is 24.4 Å². The summed E-state index contributed by atoms with van der Waals surface area (Å²) in [7, 11) is -4.67. The number of nitro groups is 1. The molecule has 4 heterocycles. The van der Waals surface area contributed by atoms with Crippen LogP contribution in [0.3, 0.4) is 0 Å². The van der Waals surface area contributed by atoms with Crippen LogP contribution in [0.15, 0.2) is 89.6 Å². The van der Waals surface area contributed by atoms with E-state index in [-0.39, 0.29) is 41.2 Å². The van der Waals surface area contributed by atoms with E-state index in [2.05, 4.69) is 55.8 Å². The van der Waals surface area contributed by atoms with Gasteiger partial charge >= 0.3 is 0 Å². The Labute approximate surface area is 352 Å². The molecule has 17 heteroatoms. The first-order valence-electron chi connectivity index (χ1n) is 19.6. The van der Waals surface area contributed by atoms with Crippen molar-refractivity contribution in [3.8, 4) is 23.3 Å². The van der Waals surface area contributed by atoms with Gasteiger partial charge in [0.1, 0.15) is 23.8 Å². The number of aromatic amines is 1. The number of sulfonamides is 1. The lowest BCUT2D eigenvalue weighted by molar-refractivity contribution is -0.384. The normalized spacial score (nSPS) is 17.9. The molecule has 1 atom stereocenters. The molecule has 3 aliphatic rings. The Kier molecular flexibility index (Phi) is 11.2. The van der Waals surface area contributed by atoms with Gasteiger partial charge in [-0.1, -0.05) is 43.2 Å². The van der Waals surface area contributed by atoms with E-state index in [0.29, 0.717) is 24.5 Å². The van der Waals surface area contributed by atoms with Crippen LogP contribution in [-0.2, 0) is 10.0 Å². The van der Waals surface area contributed by atoms with Crippen LogP contribution in [0.5, 0.6) is 17.2 Å². The fourth-order valence-electron chi connectivity index (χ4n) is 8.01. The number of amides is 1. The highest BCUT2D eigenvalue weighted by molar-refractivity contribution is 7.90. The molecule has 0 unspecified atom stereocenters. The van der Waals surface area contributed by atoms with E-state index in [1.54, 1.807) is 24.4 Å². The minimum atomic E-state index is -4.67. The average molecular weight is 851 g/mol. The Bertz CT molecular complexity index is 2670. The number of piperazine rings is 1. The molecule has 1 aliphatic carbocycles. The number of fused-ring (bicyclic) bond motifs is 2. The van der Waals surface area contributed by atoms with E-state index in [4.69, 9.17) is 26.3 Å². The molecule has 310 valence electrons. The van der Waals surface area contributed by atoms with Gasteiger partial charge in [-0.15, -0.1) is 0 Å². The highest BCUT2D eigenvalue weighted by Crippen LogP contribution is 2.44. The molecule has 2 aromatic heterocycles. The number of allylic oxidation sites excluding steroid dienone is 1. The largest absolute Gasteiger partial charge is 0.489 e. The van der Waals surface area contributed by atoms with Crippen LogP contribution in [0.1, 0.15) is 55.5 Å². The molecule has 15 nitrogen and oxygen atoms in total. The third-order valence-corrected chi connectivity index (χ3v) is 12.8. The molecule has 1 amide bonds. The Morgan fingerprint density at radius 3 is 2.65 bits per heavy atom. The number of nitrogens with one attached hydrogen (secondary N) is 3. The SMILES string of the molecule is CC1(C)CCC(CN2CCN(c3ccc(C(=O)NS(=O)(=O)c4cc5c(c([N+](=O)[O-])c4)N[C@H](CC#N)CO5)c(Oc4cnc5[nH]ccc5c4)c3)CC2)=C(c2ccc(Cl)cc2)C1. The van der Waals surface area contributed by atoms with Gasteiger partial charge in [0.15, 0.2) is 11.4 Å². The fraction of sp³-hybridized carbons (Fsp3) is 0.326. The van der Waals surface area contributed by atoms with Gasteiger partial charge in [-0.25, -0.2) is 18.1 Å². The predicted molar refractivity (Wildman–Crippen MR) is 228 cm³/mol. The minimum absolute atomic E-state index is 0.0130. The van der Waals surface area contributed by atoms with Crippen molar-refractivity contribution in [1.29, 1.82) is 5.26 Å². The van der Waals surface area contributed by atoms with Gasteiger partial charge in [-0.3, -0.25) is 19.8 Å². The lowest BCUT2D eigenvalue weighted by atomic mass is 9.72. The fourth-order valence-corrected chi connectivity index (χ4v) is 9.13. The summed E-state index contributed by atoms with van der Waals surface area (Å²) in [5, 5.41) is 25.5. The van der Waals surface area contributed by atoms with Crippen molar-refractivity contribution in [2.45, 2.75) is 50.5 Å². The second kappa shape index (κ2) is 16.5. The van der Waals surface area contributed by atoms with Crippen molar-refractivity contribution in [2.24, 2.45) is 5.41 Å². The van der Waals surface area contributed by atoms with Crippen molar-refractivity contribution in [1.82, 2.24) is 19.6 Å². The number of aromatic nitrogens is 2. The molecular formula is C43H43ClN8O7S. The van der Waals surface area contributed by atoms with Gasteiger partial charge in [0.25, 0.3) is 21.6 Å². The molecule has 0 spiro atoms. The molecular weight excluding hydrogens is 808 g/mol. The van der Waals surface area contributed by atoms with Gasteiger partial charge in [0, 0.05) is 73.2 Å². The number of nitriles is 1. The van der Waals surface area contributed by atoms with Gasteiger partial charge in [0.05, 0.1) is 40.1 Å². The molecule has 0 saturated carbocycles. The topological polar surface area (TPSA) is 196 Å². The van der Waals surface area contributed by atoms with Crippen molar-refractivity contribution in [3.63, 3.8) is 0 Å². The molecule has 2 aliphatic heterocycles. The standard InChI is InChI=1S/C43H43ClN8O7S/c1-43(2)12-9-29(36(23-43)27-3-5-30(44)6-4-27)25-50-15-17-51(18-16-50)32-7-8-35(38(20-32)59-33-19-28-11-14-46-41(28)47-24-33)42(53)49-60(56,57)34-21-37(52(54)55)40-39(22-34)58-26-31(48-40)10-13-45/h3-8,11,14,19-22,24,31,48H,9-10,12,15-18,23,25-26H2,1-2H3,(H,46,47)(H,49,53)/t31-/m1/s1. The smallest absolute Gasteiger partial charge is 0.297 e. The number of hydrogen-bond donors (Lipinski definition) is 3. The number of hydrogen-bond acceptors (Lipinski definition) is 12. The Balaban J connectivity index is 1.03. The second-order valence-corrected chi connectivity index (χ2v) is 18.2. The molecule has 0 bridgehead atoms. The number of anilines is 2. The summed E-state index contributed by atoms with van der Waals surface area (Å²) < 4.78 is 41.4. The maximum Gasteiger partial charge on any atom is 0.297 e.